The zero-order valence-corrected chi connectivity index (χ0v) is 19.1. The lowest BCUT2D eigenvalue weighted by Crippen LogP contribution is -2.40. The molecular weight excluding hydrogens is 414 g/mol. The largest absolute Gasteiger partial charge is 0.339 e. The van der Waals surface area contributed by atoms with Crippen molar-refractivity contribution in [3.8, 4) is 11.1 Å². The van der Waals surface area contributed by atoms with Gasteiger partial charge in [-0.3, -0.25) is 4.79 Å². The van der Waals surface area contributed by atoms with Gasteiger partial charge in [0, 0.05) is 49.5 Å². The molecule has 0 radical (unpaired) electrons. The van der Waals surface area contributed by atoms with Crippen LogP contribution < -0.4 is 4.90 Å². The number of hydrogen-bond acceptors (Lipinski definition) is 6. The highest BCUT2D eigenvalue weighted by atomic mass is 16.2. The van der Waals surface area contributed by atoms with Crippen LogP contribution in [0.15, 0.2) is 54.9 Å². The number of rotatable bonds is 3. The average molecular weight is 442 g/mol. The van der Waals surface area contributed by atoms with Crippen molar-refractivity contribution in [2.24, 2.45) is 0 Å². The molecule has 5 rings (SSSR count). The minimum Gasteiger partial charge on any atom is -0.339 e. The number of fused-ring (bicyclic) bond motifs is 1. The molecule has 1 amide bonds. The fraction of sp³-hybridized carbons (Fsp3) is 0.320. The molecule has 3 aromatic heterocycles. The summed E-state index contributed by atoms with van der Waals surface area (Å²) in [6, 6.07) is 13.7. The number of amides is 1. The summed E-state index contributed by atoms with van der Waals surface area (Å²) in [6.45, 7) is 8.11. The summed E-state index contributed by atoms with van der Waals surface area (Å²) in [5.74, 6) is 0.658. The van der Waals surface area contributed by atoms with Crippen LogP contribution in [0.25, 0.3) is 16.8 Å². The van der Waals surface area contributed by atoms with Crippen LogP contribution >= 0.6 is 0 Å². The van der Waals surface area contributed by atoms with Crippen LogP contribution in [0.1, 0.15) is 35.2 Å². The molecule has 1 aliphatic heterocycles. The summed E-state index contributed by atoms with van der Waals surface area (Å²) in [4.78, 5) is 31.7. The van der Waals surface area contributed by atoms with Crippen molar-refractivity contribution in [3.63, 3.8) is 0 Å². The van der Waals surface area contributed by atoms with Gasteiger partial charge >= 0.3 is 0 Å². The quantitative estimate of drug-likeness (QED) is 0.484. The monoisotopic (exact) mass is 441 g/mol. The van der Waals surface area contributed by atoms with Gasteiger partial charge in [0.2, 0.25) is 5.95 Å². The van der Waals surface area contributed by atoms with Gasteiger partial charge < -0.3 is 9.80 Å². The summed E-state index contributed by atoms with van der Waals surface area (Å²) >= 11 is 0. The Labute approximate surface area is 192 Å². The zero-order chi connectivity index (χ0) is 22.9. The molecule has 8 nitrogen and oxygen atoms in total. The maximum Gasteiger partial charge on any atom is 0.275 e. The molecule has 1 fully saturated rings. The summed E-state index contributed by atoms with van der Waals surface area (Å²) < 4.78 is 1.69. The van der Waals surface area contributed by atoms with E-state index in [4.69, 9.17) is 0 Å². The second kappa shape index (κ2) is 8.61. The van der Waals surface area contributed by atoms with Gasteiger partial charge in [0.25, 0.3) is 5.91 Å². The number of carbonyl (C=O) groups excluding carboxylic acids is 1. The van der Waals surface area contributed by atoms with Crippen molar-refractivity contribution in [2.75, 3.05) is 24.5 Å². The molecule has 0 bridgehead atoms. The zero-order valence-electron chi connectivity index (χ0n) is 19.1. The third kappa shape index (κ3) is 4.04. The molecule has 4 aromatic rings. The topological polar surface area (TPSA) is 79.5 Å². The van der Waals surface area contributed by atoms with Crippen LogP contribution in [-0.2, 0) is 0 Å². The Morgan fingerprint density at radius 2 is 1.76 bits per heavy atom. The Bertz CT molecular complexity index is 1280. The van der Waals surface area contributed by atoms with Gasteiger partial charge in [0.05, 0.1) is 5.56 Å². The average Bonchev–Trinajstić information content (AvgIpc) is 3.09. The first-order chi connectivity index (χ1) is 16.0. The highest BCUT2D eigenvalue weighted by Crippen LogP contribution is 2.29. The SMILES string of the molecule is Cc1cc(C)nc(N2CC[C@@H](C)N(C(=O)c3nn4cccnc4c3-c3ccccc3)CC2)n1. The standard InChI is InChI=1S/C25H27N7O/c1-17-16-18(2)28-25(27-17)30-13-10-19(3)31(15-14-30)24(33)22-21(20-8-5-4-6-9-20)23-26-11-7-12-32(23)29-22/h4-9,11-12,16,19H,10,13-15H2,1-3H3/t19-/m1/s1. The maximum absolute atomic E-state index is 13.9. The van der Waals surface area contributed by atoms with Gasteiger partial charge in [-0.1, -0.05) is 30.3 Å². The van der Waals surface area contributed by atoms with E-state index < -0.39 is 0 Å². The maximum atomic E-state index is 13.9. The number of aryl methyl sites for hydroxylation is 2. The lowest BCUT2D eigenvalue weighted by atomic mass is 10.0. The molecular formula is C25H27N7O. The summed E-state index contributed by atoms with van der Waals surface area (Å²) in [5, 5.41) is 4.65. The second-order valence-corrected chi connectivity index (χ2v) is 8.55. The van der Waals surface area contributed by atoms with Gasteiger partial charge in [0.15, 0.2) is 11.3 Å². The third-order valence-electron chi connectivity index (χ3n) is 6.13. The minimum atomic E-state index is -0.0740. The molecule has 1 saturated heterocycles. The van der Waals surface area contributed by atoms with Crippen molar-refractivity contribution >= 4 is 17.5 Å². The summed E-state index contributed by atoms with van der Waals surface area (Å²) in [7, 11) is 0. The normalized spacial score (nSPS) is 16.8. The van der Waals surface area contributed by atoms with Crippen molar-refractivity contribution in [3.05, 3.63) is 71.9 Å². The first-order valence-corrected chi connectivity index (χ1v) is 11.3. The smallest absolute Gasteiger partial charge is 0.275 e. The second-order valence-electron chi connectivity index (χ2n) is 8.55. The predicted molar refractivity (Wildman–Crippen MR) is 127 cm³/mol. The Hall–Kier alpha value is -3.81. The molecule has 0 N–H and O–H groups in total. The molecule has 33 heavy (non-hydrogen) atoms. The number of aromatic nitrogens is 5. The van der Waals surface area contributed by atoms with Crippen LogP contribution in [0, 0.1) is 13.8 Å². The lowest BCUT2D eigenvalue weighted by molar-refractivity contribution is 0.0699. The van der Waals surface area contributed by atoms with Crippen molar-refractivity contribution in [1.82, 2.24) is 29.5 Å². The highest BCUT2D eigenvalue weighted by Gasteiger charge is 2.31. The number of benzene rings is 1. The van der Waals surface area contributed by atoms with Gasteiger partial charge in [-0.25, -0.2) is 19.5 Å². The molecule has 0 saturated carbocycles. The number of anilines is 1. The van der Waals surface area contributed by atoms with Gasteiger partial charge in [-0.05, 0) is 44.9 Å². The van der Waals surface area contributed by atoms with Crippen molar-refractivity contribution < 1.29 is 4.79 Å². The molecule has 1 aromatic carbocycles. The molecule has 1 aliphatic rings. The molecule has 8 heteroatoms. The Morgan fingerprint density at radius 3 is 2.52 bits per heavy atom. The van der Waals surface area contributed by atoms with E-state index in [2.05, 4.69) is 31.9 Å². The van der Waals surface area contributed by atoms with E-state index in [1.807, 2.05) is 67.4 Å². The fourth-order valence-corrected chi connectivity index (χ4v) is 4.45. The lowest BCUT2D eigenvalue weighted by Gasteiger charge is -2.26. The van der Waals surface area contributed by atoms with Gasteiger partial charge in [0.1, 0.15) is 0 Å². The number of nitrogens with zero attached hydrogens (tertiary/aromatic N) is 7. The predicted octanol–water partition coefficient (Wildman–Crippen LogP) is 3.54. The summed E-state index contributed by atoms with van der Waals surface area (Å²) in [5.41, 5.74) is 4.72. The number of hydrogen-bond donors (Lipinski definition) is 0. The first-order valence-electron chi connectivity index (χ1n) is 11.3. The van der Waals surface area contributed by atoms with Crippen molar-refractivity contribution in [2.45, 2.75) is 33.2 Å². The fourth-order valence-electron chi connectivity index (χ4n) is 4.45. The Kier molecular flexibility index (Phi) is 5.50. The Balaban J connectivity index is 1.48. The van der Waals surface area contributed by atoms with E-state index in [-0.39, 0.29) is 11.9 Å². The Morgan fingerprint density at radius 1 is 1.00 bits per heavy atom. The molecule has 168 valence electrons. The summed E-state index contributed by atoms with van der Waals surface area (Å²) in [6.07, 6.45) is 4.39. The van der Waals surface area contributed by atoms with Gasteiger partial charge in [-0.2, -0.15) is 5.10 Å². The molecule has 0 unspecified atom stereocenters. The third-order valence-corrected chi connectivity index (χ3v) is 6.13. The van der Waals surface area contributed by atoms with Crippen molar-refractivity contribution in [1.29, 1.82) is 0 Å². The van der Waals surface area contributed by atoms with E-state index in [9.17, 15) is 4.79 Å². The number of carbonyl (C=O) groups is 1. The molecule has 4 heterocycles. The van der Waals surface area contributed by atoms with E-state index in [0.717, 1.165) is 41.4 Å². The molecule has 0 aliphatic carbocycles. The van der Waals surface area contributed by atoms with E-state index >= 15 is 0 Å². The van der Waals surface area contributed by atoms with E-state index in [0.29, 0.717) is 24.4 Å². The van der Waals surface area contributed by atoms with E-state index in [1.54, 1.807) is 10.7 Å². The molecule has 0 spiro atoms. The molecule has 1 atom stereocenters. The van der Waals surface area contributed by atoms with Crippen LogP contribution in [0.5, 0.6) is 0 Å². The highest BCUT2D eigenvalue weighted by molar-refractivity contribution is 6.02. The van der Waals surface area contributed by atoms with Crippen LogP contribution in [0.2, 0.25) is 0 Å². The first kappa shape index (κ1) is 21.1. The van der Waals surface area contributed by atoms with Gasteiger partial charge in [-0.15, -0.1) is 0 Å². The van der Waals surface area contributed by atoms with Crippen LogP contribution in [-0.4, -0.2) is 61.0 Å². The minimum absolute atomic E-state index is 0.0646. The van der Waals surface area contributed by atoms with Crippen LogP contribution in [0.3, 0.4) is 0 Å². The van der Waals surface area contributed by atoms with E-state index in [1.165, 1.54) is 0 Å². The van der Waals surface area contributed by atoms with Crippen LogP contribution in [0.4, 0.5) is 5.95 Å².